The zero-order chi connectivity index (χ0) is 20.8. The molecule has 0 spiro atoms. The Balaban J connectivity index is 1.85. The van der Waals surface area contributed by atoms with Gasteiger partial charge in [-0.05, 0) is 43.3 Å². The first-order chi connectivity index (χ1) is 14.0. The molecule has 0 bridgehead atoms. The molecule has 0 aliphatic rings. The maximum atomic E-state index is 13.1. The van der Waals surface area contributed by atoms with Gasteiger partial charge >= 0.3 is 0 Å². The summed E-state index contributed by atoms with van der Waals surface area (Å²) in [5.74, 6) is -0.693. The second-order valence-electron chi connectivity index (χ2n) is 6.19. The number of benzene rings is 3. The van der Waals surface area contributed by atoms with Gasteiger partial charge in [-0.15, -0.1) is 0 Å². The highest BCUT2D eigenvalue weighted by Gasteiger charge is 2.20. The summed E-state index contributed by atoms with van der Waals surface area (Å²) in [6, 6.07) is 21.3. The molecule has 7 nitrogen and oxygen atoms in total. The van der Waals surface area contributed by atoms with Gasteiger partial charge in [0.2, 0.25) is 0 Å². The first-order valence-corrected chi connectivity index (χ1v) is 9.03. The number of hydrogen-bond acceptors (Lipinski definition) is 4. The van der Waals surface area contributed by atoms with Gasteiger partial charge in [0.25, 0.3) is 17.5 Å². The molecule has 0 aromatic heterocycles. The van der Waals surface area contributed by atoms with Gasteiger partial charge in [0.05, 0.1) is 16.2 Å². The zero-order valence-electron chi connectivity index (χ0n) is 15.7. The second kappa shape index (κ2) is 8.79. The summed E-state index contributed by atoms with van der Waals surface area (Å²) in [5.41, 5.74) is 1.65. The lowest BCUT2D eigenvalue weighted by Crippen LogP contribution is -2.31. The molecule has 0 aliphatic heterocycles. The van der Waals surface area contributed by atoms with Crippen molar-refractivity contribution in [2.75, 3.05) is 16.8 Å². The average molecular weight is 389 g/mol. The Kier molecular flexibility index (Phi) is 5.99. The molecule has 3 aromatic carbocycles. The SMILES string of the molecule is CCN(C(=O)c1ccccc1NC(=O)c1ccc([N+](=O)[O-])cc1)c1ccccc1. The number of nitro benzene ring substituents is 1. The molecule has 0 unspecified atom stereocenters. The Morgan fingerprint density at radius 3 is 2.17 bits per heavy atom. The third kappa shape index (κ3) is 4.47. The van der Waals surface area contributed by atoms with Crippen LogP contribution in [0.25, 0.3) is 0 Å². The lowest BCUT2D eigenvalue weighted by atomic mass is 10.1. The minimum Gasteiger partial charge on any atom is -0.321 e. The largest absolute Gasteiger partial charge is 0.321 e. The molecule has 3 aromatic rings. The van der Waals surface area contributed by atoms with E-state index >= 15 is 0 Å². The van der Waals surface area contributed by atoms with Crippen LogP contribution in [0.3, 0.4) is 0 Å². The predicted octanol–water partition coefficient (Wildman–Crippen LogP) is 4.51. The van der Waals surface area contributed by atoms with Crippen LogP contribution in [0.4, 0.5) is 17.1 Å². The number of carbonyl (C=O) groups is 2. The van der Waals surface area contributed by atoms with Crippen molar-refractivity contribution in [1.29, 1.82) is 0 Å². The fraction of sp³-hybridized carbons (Fsp3) is 0.0909. The quantitative estimate of drug-likeness (QED) is 0.496. The number of amides is 2. The number of para-hydroxylation sites is 2. The van der Waals surface area contributed by atoms with Gasteiger partial charge in [-0.3, -0.25) is 19.7 Å². The molecule has 0 heterocycles. The van der Waals surface area contributed by atoms with E-state index in [4.69, 9.17) is 0 Å². The molecular formula is C22H19N3O4. The lowest BCUT2D eigenvalue weighted by molar-refractivity contribution is -0.384. The summed E-state index contributed by atoms with van der Waals surface area (Å²) in [7, 11) is 0. The van der Waals surface area contributed by atoms with Gasteiger partial charge in [-0.2, -0.15) is 0 Å². The zero-order valence-corrected chi connectivity index (χ0v) is 15.7. The van der Waals surface area contributed by atoms with E-state index in [1.165, 1.54) is 24.3 Å². The summed E-state index contributed by atoms with van der Waals surface area (Å²) < 4.78 is 0. The highest BCUT2D eigenvalue weighted by atomic mass is 16.6. The van der Waals surface area contributed by atoms with Gasteiger partial charge in [-0.25, -0.2) is 0 Å². The fourth-order valence-corrected chi connectivity index (χ4v) is 2.90. The minimum atomic E-state index is -0.529. The molecule has 3 rings (SSSR count). The molecule has 7 heteroatoms. The molecule has 0 fully saturated rings. The van der Waals surface area contributed by atoms with E-state index < -0.39 is 10.8 Å². The highest BCUT2D eigenvalue weighted by Crippen LogP contribution is 2.22. The number of rotatable bonds is 6. The van der Waals surface area contributed by atoms with Crippen molar-refractivity contribution < 1.29 is 14.5 Å². The third-order valence-electron chi connectivity index (χ3n) is 4.38. The van der Waals surface area contributed by atoms with Gasteiger partial charge in [0, 0.05) is 29.9 Å². The van der Waals surface area contributed by atoms with Crippen molar-refractivity contribution in [3.8, 4) is 0 Å². The van der Waals surface area contributed by atoms with Crippen LogP contribution < -0.4 is 10.2 Å². The van der Waals surface area contributed by atoms with Crippen LogP contribution in [-0.2, 0) is 0 Å². The number of carbonyl (C=O) groups excluding carboxylic acids is 2. The van der Waals surface area contributed by atoms with Gasteiger partial charge in [-0.1, -0.05) is 30.3 Å². The van der Waals surface area contributed by atoms with Crippen LogP contribution >= 0.6 is 0 Å². The molecule has 146 valence electrons. The lowest BCUT2D eigenvalue weighted by Gasteiger charge is -2.22. The highest BCUT2D eigenvalue weighted by molar-refractivity contribution is 6.13. The van der Waals surface area contributed by atoms with Crippen LogP contribution in [0.15, 0.2) is 78.9 Å². The van der Waals surface area contributed by atoms with E-state index in [2.05, 4.69) is 5.32 Å². The van der Waals surface area contributed by atoms with Gasteiger partial charge in [0.15, 0.2) is 0 Å². The molecular weight excluding hydrogens is 370 g/mol. The van der Waals surface area contributed by atoms with Crippen LogP contribution in [-0.4, -0.2) is 23.3 Å². The number of anilines is 2. The molecule has 0 atom stereocenters. The molecule has 2 amide bonds. The maximum Gasteiger partial charge on any atom is 0.269 e. The van der Waals surface area contributed by atoms with E-state index in [1.807, 2.05) is 37.3 Å². The Hall–Kier alpha value is -4.00. The van der Waals surface area contributed by atoms with Gasteiger partial charge < -0.3 is 10.2 Å². The van der Waals surface area contributed by atoms with E-state index in [0.717, 1.165) is 5.69 Å². The summed E-state index contributed by atoms with van der Waals surface area (Å²) in [4.78, 5) is 37.6. The summed E-state index contributed by atoms with van der Waals surface area (Å²) in [5, 5.41) is 13.5. The predicted molar refractivity (Wildman–Crippen MR) is 111 cm³/mol. The monoisotopic (exact) mass is 389 g/mol. The standard InChI is InChI=1S/C22H19N3O4/c1-2-24(17-8-4-3-5-9-17)22(27)19-10-6-7-11-20(19)23-21(26)16-12-14-18(15-13-16)25(28)29/h3-15H,2H2,1H3,(H,23,26). The molecule has 0 aliphatic carbocycles. The van der Waals surface area contributed by atoms with Crippen LogP contribution in [0.1, 0.15) is 27.6 Å². The van der Waals surface area contributed by atoms with E-state index in [9.17, 15) is 19.7 Å². The van der Waals surface area contributed by atoms with Crippen molar-refractivity contribution in [3.63, 3.8) is 0 Å². The van der Waals surface area contributed by atoms with E-state index in [-0.39, 0.29) is 17.2 Å². The van der Waals surface area contributed by atoms with Crippen molar-refractivity contribution in [2.24, 2.45) is 0 Å². The van der Waals surface area contributed by atoms with E-state index in [0.29, 0.717) is 17.8 Å². The fourth-order valence-electron chi connectivity index (χ4n) is 2.90. The number of nitrogens with one attached hydrogen (secondary N) is 1. The molecule has 0 saturated heterocycles. The number of nitro groups is 1. The molecule has 29 heavy (non-hydrogen) atoms. The first kappa shape index (κ1) is 19.8. The van der Waals surface area contributed by atoms with E-state index in [1.54, 1.807) is 29.2 Å². The Morgan fingerprint density at radius 2 is 1.55 bits per heavy atom. The van der Waals surface area contributed by atoms with Gasteiger partial charge in [0.1, 0.15) is 0 Å². The summed E-state index contributed by atoms with van der Waals surface area (Å²) >= 11 is 0. The topological polar surface area (TPSA) is 92.6 Å². The number of nitrogens with zero attached hydrogens (tertiary/aromatic N) is 2. The van der Waals surface area contributed by atoms with Crippen molar-refractivity contribution in [3.05, 3.63) is 100 Å². The Bertz CT molecular complexity index is 1030. The maximum absolute atomic E-state index is 13.1. The first-order valence-electron chi connectivity index (χ1n) is 9.03. The minimum absolute atomic E-state index is 0.0985. The van der Waals surface area contributed by atoms with Crippen molar-refractivity contribution >= 4 is 28.9 Å². The van der Waals surface area contributed by atoms with Crippen LogP contribution in [0, 0.1) is 10.1 Å². The molecule has 1 N–H and O–H groups in total. The van der Waals surface area contributed by atoms with Crippen molar-refractivity contribution in [1.82, 2.24) is 0 Å². The summed E-state index contributed by atoms with van der Waals surface area (Å²) in [6.45, 7) is 2.34. The normalized spacial score (nSPS) is 10.2. The van der Waals surface area contributed by atoms with Crippen molar-refractivity contribution in [2.45, 2.75) is 6.92 Å². The second-order valence-corrected chi connectivity index (χ2v) is 6.19. The summed E-state index contributed by atoms with van der Waals surface area (Å²) in [6.07, 6.45) is 0. The smallest absolute Gasteiger partial charge is 0.269 e. The van der Waals surface area contributed by atoms with Crippen LogP contribution in [0.5, 0.6) is 0 Å². The molecule has 0 saturated carbocycles. The number of non-ortho nitro benzene ring substituents is 1. The Labute approximate surface area is 167 Å². The number of hydrogen-bond donors (Lipinski definition) is 1. The van der Waals surface area contributed by atoms with Crippen LogP contribution in [0.2, 0.25) is 0 Å². The molecule has 0 radical (unpaired) electrons. The average Bonchev–Trinajstić information content (AvgIpc) is 2.75. The third-order valence-corrected chi connectivity index (χ3v) is 4.38. The Morgan fingerprint density at radius 1 is 0.931 bits per heavy atom.